The standard InChI is InChI=1S/C12H15Cl2NO3S/c1-3-19(17,18)7-12(16)15-8(2)10-5-4-9(13)6-11(10)14/h4-6,8H,3,7H2,1-2H3,(H,15,16). The molecule has 0 spiro atoms. The number of amides is 1. The van der Waals surface area contributed by atoms with E-state index in [1.807, 2.05) is 0 Å². The predicted octanol–water partition coefficient (Wildman–Crippen LogP) is 2.61. The van der Waals surface area contributed by atoms with Gasteiger partial charge in [0.15, 0.2) is 9.84 Å². The summed E-state index contributed by atoms with van der Waals surface area (Å²) in [6.45, 7) is 3.23. The van der Waals surface area contributed by atoms with E-state index in [2.05, 4.69) is 5.32 Å². The van der Waals surface area contributed by atoms with Crippen LogP contribution in [0.5, 0.6) is 0 Å². The van der Waals surface area contributed by atoms with E-state index in [4.69, 9.17) is 23.2 Å². The largest absolute Gasteiger partial charge is 0.349 e. The van der Waals surface area contributed by atoms with Crippen molar-refractivity contribution in [2.24, 2.45) is 0 Å². The molecule has 0 aliphatic carbocycles. The molecule has 7 heteroatoms. The van der Waals surface area contributed by atoms with E-state index in [0.29, 0.717) is 15.6 Å². The Morgan fingerprint density at radius 3 is 2.53 bits per heavy atom. The van der Waals surface area contributed by atoms with Crippen LogP contribution in [0.1, 0.15) is 25.5 Å². The molecule has 0 radical (unpaired) electrons. The van der Waals surface area contributed by atoms with Gasteiger partial charge in [0.05, 0.1) is 6.04 Å². The van der Waals surface area contributed by atoms with Crippen LogP contribution in [0.4, 0.5) is 0 Å². The van der Waals surface area contributed by atoms with E-state index in [-0.39, 0.29) is 11.8 Å². The van der Waals surface area contributed by atoms with Crippen molar-refractivity contribution >= 4 is 38.9 Å². The highest BCUT2D eigenvalue weighted by atomic mass is 35.5. The summed E-state index contributed by atoms with van der Waals surface area (Å²) in [6.07, 6.45) is 0. The molecule has 4 nitrogen and oxygen atoms in total. The van der Waals surface area contributed by atoms with Crippen LogP contribution in [0.15, 0.2) is 18.2 Å². The van der Waals surface area contributed by atoms with Crippen LogP contribution in [0.3, 0.4) is 0 Å². The monoisotopic (exact) mass is 323 g/mol. The molecule has 0 aromatic heterocycles. The second kappa shape index (κ2) is 6.59. The maximum atomic E-state index is 11.6. The van der Waals surface area contributed by atoms with Crippen LogP contribution >= 0.6 is 23.2 Å². The highest BCUT2D eigenvalue weighted by Gasteiger charge is 2.18. The molecule has 1 atom stereocenters. The molecule has 19 heavy (non-hydrogen) atoms. The zero-order chi connectivity index (χ0) is 14.6. The third kappa shape index (κ3) is 5.01. The van der Waals surface area contributed by atoms with E-state index in [9.17, 15) is 13.2 Å². The van der Waals surface area contributed by atoms with E-state index in [0.717, 1.165) is 0 Å². The molecule has 0 heterocycles. The van der Waals surface area contributed by atoms with Gasteiger partial charge >= 0.3 is 0 Å². The van der Waals surface area contributed by atoms with Crippen LogP contribution in [-0.2, 0) is 14.6 Å². The summed E-state index contributed by atoms with van der Waals surface area (Å²) in [7, 11) is -3.33. The minimum atomic E-state index is -3.33. The lowest BCUT2D eigenvalue weighted by molar-refractivity contribution is -0.119. The van der Waals surface area contributed by atoms with Crippen LogP contribution in [0.25, 0.3) is 0 Å². The number of rotatable bonds is 5. The molecule has 0 aliphatic heterocycles. The van der Waals surface area contributed by atoms with Crippen LogP contribution in [0.2, 0.25) is 10.0 Å². The van der Waals surface area contributed by atoms with Crippen molar-refractivity contribution in [3.05, 3.63) is 33.8 Å². The van der Waals surface area contributed by atoms with E-state index in [1.165, 1.54) is 6.92 Å². The topological polar surface area (TPSA) is 63.2 Å². The van der Waals surface area contributed by atoms with Crippen molar-refractivity contribution in [3.8, 4) is 0 Å². The van der Waals surface area contributed by atoms with E-state index in [1.54, 1.807) is 25.1 Å². The normalized spacial score (nSPS) is 13.1. The zero-order valence-electron chi connectivity index (χ0n) is 10.6. The Labute approximate surface area is 123 Å². The number of halogens is 2. The van der Waals surface area contributed by atoms with Gasteiger partial charge in [0.1, 0.15) is 5.75 Å². The molecule has 0 saturated heterocycles. The average molecular weight is 324 g/mol. The molecule has 1 unspecified atom stereocenters. The summed E-state index contributed by atoms with van der Waals surface area (Å²) in [5, 5.41) is 3.53. The minimum Gasteiger partial charge on any atom is -0.349 e. The Morgan fingerprint density at radius 2 is 2.00 bits per heavy atom. The summed E-state index contributed by atoms with van der Waals surface area (Å²) in [4.78, 5) is 11.6. The van der Waals surface area contributed by atoms with Gasteiger partial charge in [-0.2, -0.15) is 0 Å². The SMILES string of the molecule is CCS(=O)(=O)CC(=O)NC(C)c1ccc(Cl)cc1Cl. The van der Waals surface area contributed by atoms with Crippen molar-refractivity contribution in [1.82, 2.24) is 5.32 Å². The second-order valence-electron chi connectivity index (χ2n) is 4.13. The van der Waals surface area contributed by atoms with Crippen LogP contribution in [-0.4, -0.2) is 25.8 Å². The van der Waals surface area contributed by atoms with Gasteiger partial charge in [-0.05, 0) is 24.6 Å². The summed E-state index contributed by atoms with van der Waals surface area (Å²) >= 11 is 11.8. The lowest BCUT2D eigenvalue weighted by atomic mass is 10.1. The molecule has 0 bridgehead atoms. The summed E-state index contributed by atoms with van der Waals surface area (Å²) < 4.78 is 22.7. The van der Waals surface area contributed by atoms with Gasteiger partial charge in [-0.15, -0.1) is 0 Å². The van der Waals surface area contributed by atoms with E-state index >= 15 is 0 Å². The maximum absolute atomic E-state index is 11.6. The minimum absolute atomic E-state index is 0.0590. The number of benzene rings is 1. The Hall–Kier alpha value is -0.780. The number of nitrogens with one attached hydrogen (secondary N) is 1. The first kappa shape index (κ1) is 16.3. The number of sulfone groups is 1. The highest BCUT2D eigenvalue weighted by molar-refractivity contribution is 7.92. The molecule has 0 fully saturated rings. The molecule has 0 aliphatic rings. The number of carbonyl (C=O) groups is 1. The maximum Gasteiger partial charge on any atom is 0.235 e. The average Bonchev–Trinajstić information content (AvgIpc) is 2.27. The quantitative estimate of drug-likeness (QED) is 0.905. The fraction of sp³-hybridized carbons (Fsp3) is 0.417. The van der Waals surface area contributed by atoms with Crippen molar-refractivity contribution < 1.29 is 13.2 Å². The molecular weight excluding hydrogens is 309 g/mol. The van der Waals surface area contributed by atoms with Gasteiger partial charge in [0.25, 0.3) is 0 Å². The summed E-state index contributed by atoms with van der Waals surface area (Å²) in [5.41, 5.74) is 0.688. The molecule has 1 amide bonds. The van der Waals surface area contributed by atoms with Crippen LogP contribution < -0.4 is 5.32 Å². The molecule has 0 saturated carbocycles. The molecule has 1 aromatic carbocycles. The predicted molar refractivity (Wildman–Crippen MR) is 77.3 cm³/mol. The summed E-state index contributed by atoms with van der Waals surface area (Å²) in [6, 6.07) is 4.55. The Kier molecular flexibility index (Phi) is 5.64. The first-order valence-corrected chi connectivity index (χ1v) is 8.27. The van der Waals surface area contributed by atoms with Gasteiger partial charge in [0.2, 0.25) is 5.91 Å². The highest BCUT2D eigenvalue weighted by Crippen LogP contribution is 2.25. The molecule has 1 rings (SSSR count). The van der Waals surface area contributed by atoms with Gasteiger partial charge < -0.3 is 5.32 Å². The fourth-order valence-corrected chi connectivity index (χ4v) is 2.77. The fourth-order valence-electron chi connectivity index (χ4n) is 1.52. The number of hydrogen-bond donors (Lipinski definition) is 1. The zero-order valence-corrected chi connectivity index (χ0v) is 12.9. The lowest BCUT2D eigenvalue weighted by Crippen LogP contribution is -2.33. The van der Waals surface area contributed by atoms with Gasteiger partial charge in [-0.3, -0.25) is 4.79 Å². The van der Waals surface area contributed by atoms with Gasteiger partial charge in [0, 0.05) is 15.8 Å². The van der Waals surface area contributed by atoms with Gasteiger partial charge in [-0.1, -0.05) is 36.2 Å². The third-order valence-electron chi connectivity index (χ3n) is 2.60. The lowest BCUT2D eigenvalue weighted by Gasteiger charge is -2.15. The Morgan fingerprint density at radius 1 is 1.37 bits per heavy atom. The molecule has 1 N–H and O–H groups in total. The first-order valence-electron chi connectivity index (χ1n) is 5.70. The molecule has 106 valence electrons. The number of carbonyl (C=O) groups excluding carboxylic acids is 1. The van der Waals surface area contributed by atoms with Crippen LogP contribution in [0, 0.1) is 0 Å². The smallest absolute Gasteiger partial charge is 0.235 e. The van der Waals surface area contributed by atoms with Gasteiger partial charge in [-0.25, -0.2) is 8.42 Å². The molecular formula is C12H15Cl2NO3S. The second-order valence-corrected chi connectivity index (χ2v) is 7.33. The first-order chi connectivity index (χ1) is 8.75. The third-order valence-corrected chi connectivity index (χ3v) is 4.74. The Balaban J connectivity index is 2.74. The van der Waals surface area contributed by atoms with Crippen molar-refractivity contribution in [2.45, 2.75) is 19.9 Å². The van der Waals surface area contributed by atoms with Crippen molar-refractivity contribution in [1.29, 1.82) is 0 Å². The molecule has 1 aromatic rings. The number of hydrogen-bond acceptors (Lipinski definition) is 3. The van der Waals surface area contributed by atoms with E-state index < -0.39 is 21.5 Å². The van der Waals surface area contributed by atoms with Crippen molar-refractivity contribution in [2.75, 3.05) is 11.5 Å². The Bertz CT molecular complexity index is 572. The van der Waals surface area contributed by atoms with Crippen molar-refractivity contribution in [3.63, 3.8) is 0 Å². The summed E-state index contributed by atoms with van der Waals surface area (Å²) in [5.74, 6) is -1.12.